The van der Waals surface area contributed by atoms with Gasteiger partial charge in [-0.1, -0.05) is 18.2 Å². The molecule has 0 spiro atoms. The Morgan fingerprint density at radius 3 is 2.81 bits per heavy atom. The van der Waals surface area contributed by atoms with Crippen LogP contribution in [0.4, 0.5) is 5.69 Å². The lowest BCUT2D eigenvalue weighted by Crippen LogP contribution is -2.19. The average molecular weight is 288 g/mol. The summed E-state index contributed by atoms with van der Waals surface area (Å²) in [4.78, 5) is 12.0. The van der Waals surface area contributed by atoms with E-state index in [0.717, 1.165) is 11.3 Å². The Hall–Kier alpha value is -2.21. The largest absolute Gasteiger partial charge is 0.387 e. The van der Waals surface area contributed by atoms with E-state index in [1.54, 1.807) is 6.20 Å². The van der Waals surface area contributed by atoms with Crippen molar-refractivity contribution in [2.45, 2.75) is 39.8 Å². The van der Waals surface area contributed by atoms with Crippen molar-refractivity contribution in [1.82, 2.24) is 15.0 Å². The van der Waals surface area contributed by atoms with E-state index in [4.69, 9.17) is 0 Å². The molecule has 0 bridgehead atoms. The highest BCUT2D eigenvalue weighted by Crippen LogP contribution is 2.14. The number of rotatable bonds is 5. The number of amides is 1. The summed E-state index contributed by atoms with van der Waals surface area (Å²) >= 11 is 0. The number of aliphatic hydroxyl groups excluding tert-OH is 1. The Bertz CT molecular complexity index is 636. The Balaban J connectivity index is 1.98. The van der Waals surface area contributed by atoms with E-state index in [1.807, 2.05) is 39.0 Å². The van der Waals surface area contributed by atoms with E-state index < -0.39 is 6.10 Å². The lowest BCUT2D eigenvalue weighted by Gasteiger charge is -2.07. The molecular weight excluding hydrogens is 268 g/mol. The fourth-order valence-corrected chi connectivity index (χ4v) is 1.92. The van der Waals surface area contributed by atoms with Gasteiger partial charge in [-0.05, 0) is 43.5 Å². The van der Waals surface area contributed by atoms with Crippen molar-refractivity contribution in [3.8, 4) is 0 Å². The van der Waals surface area contributed by atoms with Gasteiger partial charge < -0.3 is 10.4 Å². The summed E-state index contributed by atoms with van der Waals surface area (Å²) in [7, 11) is 0. The molecule has 2 N–H and O–H groups in total. The van der Waals surface area contributed by atoms with Crippen LogP contribution in [0.5, 0.6) is 0 Å². The van der Waals surface area contributed by atoms with Crippen molar-refractivity contribution in [3.63, 3.8) is 0 Å². The number of aryl methyl sites for hydroxylation is 2. The number of nitrogens with one attached hydrogen (secondary N) is 1. The summed E-state index contributed by atoms with van der Waals surface area (Å²) in [5.41, 5.74) is 3.55. The van der Waals surface area contributed by atoms with Gasteiger partial charge >= 0.3 is 0 Å². The summed E-state index contributed by atoms with van der Waals surface area (Å²) in [6, 6.07) is 5.77. The zero-order valence-electron chi connectivity index (χ0n) is 12.5. The van der Waals surface area contributed by atoms with E-state index in [-0.39, 0.29) is 12.5 Å². The number of benzene rings is 1. The van der Waals surface area contributed by atoms with Gasteiger partial charge in [0.15, 0.2) is 0 Å². The van der Waals surface area contributed by atoms with Crippen LogP contribution in [-0.4, -0.2) is 26.0 Å². The Morgan fingerprint density at radius 1 is 1.38 bits per heavy atom. The summed E-state index contributed by atoms with van der Waals surface area (Å²) in [5, 5.41) is 20.2. The molecule has 1 atom stereocenters. The third-order valence-electron chi connectivity index (χ3n) is 3.38. The van der Waals surface area contributed by atoms with Crippen LogP contribution in [0.3, 0.4) is 0 Å². The minimum atomic E-state index is -0.637. The highest BCUT2D eigenvalue weighted by Gasteiger charge is 2.11. The summed E-state index contributed by atoms with van der Waals surface area (Å²) < 4.78 is 1.42. The van der Waals surface area contributed by atoms with Crippen LogP contribution in [0.15, 0.2) is 24.4 Å². The van der Waals surface area contributed by atoms with Crippen LogP contribution >= 0.6 is 0 Å². The van der Waals surface area contributed by atoms with Crippen LogP contribution in [-0.2, 0) is 11.3 Å². The van der Waals surface area contributed by atoms with E-state index in [1.165, 1.54) is 10.2 Å². The first-order valence-corrected chi connectivity index (χ1v) is 6.94. The quantitative estimate of drug-likeness (QED) is 0.881. The molecule has 1 aromatic heterocycles. The molecule has 1 heterocycles. The number of anilines is 1. The van der Waals surface area contributed by atoms with Gasteiger partial charge in [-0.15, -0.1) is 5.10 Å². The minimum absolute atomic E-state index is 0.0658. The molecule has 1 aromatic carbocycles. The van der Waals surface area contributed by atoms with Crippen molar-refractivity contribution in [2.75, 3.05) is 5.32 Å². The molecule has 2 aromatic rings. The smallest absolute Gasteiger partial charge is 0.246 e. The van der Waals surface area contributed by atoms with E-state index in [2.05, 4.69) is 15.6 Å². The van der Waals surface area contributed by atoms with Gasteiger partial charge in [-0.2, -0.15) is 0 Å². The minimum Gasteiger partial charge on any atom is -0.387 e. The van der Waals surface area contributed by atoms with Gasteiger partial charge in [0.05, 0.1) is 12.3 Å². The van der Waals surface area contributed by atoms with Crippen LogP contribution in [0.25, 0.3) is 0 Å². The molecule has 0 saturated carbocycles. The predicted molar refractivity (Wildman–Crippen MR) is 79.8 cm³/mol. The number of hydrogen-bond acceptors (Lipinski definition) is 4. The molecule has 112 valence electrons. The molecule has 2 rings (SSSR count). The van der Waals surface area contributed by atoms with Crippen molar-refractivity contribution in [2.24, 2.45) is 0 Å². The standard InChI is InChI=1S/C15H20N4O2/c1-4-14(20)13-8-19(18-17-13)9-15(21)16-12-6-5-10(2)11(3)7-12/h5-8,14,20H,4,9H2,1-3H3,(H,16,21). The first kappa shape index (κ1) is 15.2. The normalized spacial score (nSPS) is 12.2. The molecule has 0 fully saturated rings. The second kappa shape index (κ2) is 6.49. The molecule has 21 heavy (non-hydrogen) atoms. The number of nitrogens with zero attached hydrogens (tertiary/aromatic N) is 3. The highest BCUT2D eigenvalue weighted by atomic mass is 16.3. The van der Waals surface area contributed by atoms with Crippen LogP contribution in [0.1, 0.15) is 36.3 Å². The van der Waals surface area contributed by atoms with Gasteiger partial charge in [0.25, 0.3) is 0 Å². The van der Waals surface area contributed by atoms with Crippen LogP contribution in [0, 0.1) is 13.8 Å². The highest BCUT2D eigenvalue weighted by molar-refractivity contribution is 5.90. The summed E-state index contributed by atoms with van der Waals surface area (Å²) in [6.45, 7) is 5.95. The lowest BCUT2D eigenvalue weighted by molar-refractivity contribution is -0.116. The third kappa shape index (κ3) is 3.88. The maximum absolute atomic E-state index is 12.0. The second-order valence-corrected chi connectivity index (χ2v) is 5.11. The second-order valence-electron chi connectivity index (χ2n) is 5.11. The summed E-state index contributed by atoms with van der Waals surface area (Å²) in [5.74, 6) is -0.180. The van der Waals surface area contributed by atoms with Crippen molar-refractivity contribution >= 4 is 11.6 Å². The van der Waals surface area contributed by atoms with Crippen LogP contribution < -0.4 is 5.32 Å². The van der Waals surface area contributed by atoms with Crippen molar-refractivity contribution in [1.29, 1.82) is 0 Å². The molecule has 0 radical (unpaired) electrons. The van der Waals surface area contributed by atoms with Gasteiger partial charge in [0.2, 0.25) is 5.91 Å². The Morgan fingerprint density at radius 2 is 2.14 bits per heavy atom. The topological polar surface area (TPSA) is 80.0 Å². The number of hydrogen-bond donors (Lipinski definition) is 2. The van der Waals surface area contributed by atoms with Gasteiger partial charge in [-0.25, -0.2) is 4.68 Å². The van der Waals surface area contributed by atoms with Gasteiger partial charge in [-0.3, -0.25) is 4.79 Å². The molecule has 6 nitrogen and oxygen atoms in total. The third-order valence-corrected chi connectivity index (χ3v) is 3.38. The average Bonchev–Trinajstić information content (AvgIpc) is 2.90. The molecule has 0 aliphatic carbocycles. The molecule has 1 amide bonds. The Kier molecular flexibility index (Phi) is 4.70. The number of carbonyl (C=O) groups is 1. The zero-order chi connectivity index (χ0) is 15.4. The van der Waals surface area contributed by atoms with E-state index >= 15 is 0 Å². The fourth-order valence-electron chi connectivity index (χ4n) is 1.92. The molecule has 1 unspecified atom stereocenters. The molecule has 6 heteroatoms. The fraction of sp³-hybridized carbons (Fsp3) is 0.400. The molecule has 0 aliphatic rings. The van der Waals surface area contributed by atoms with E-state index in [0.29, 0.717) is 12.1 Å². The van der Waals surface area contributed by atoms with Gasteiger partial charge in [0, 0.05) is 5.69 Å². The van der Waals surface area contributed by atoms with Gasteiger partial charge in [0.1, 0.15) is 12.2 Å². The maximum Gasteiger partial charge on any atom is 0.246 e. The first-order chi connectivity index (χ1) is 9.99. The van der Waals surface area contributed by atoms with E-state index in [9.17, 15) is 9.90 Å². The Labute approximate surface area is 123 Å². The maximum atomic E-state index is 12.0. The molecular formula is C15H20N4O2. The van der Waals surface area contributed by atoms with Crippen molar-refractivity contribution in [3.05, 3.63) is 41.2 Å². The predicted octanol–water partition coefficient (Wildman–Crippen LogP) is 1.98. The van der Waals surface area contributed by atoms with Crippen LogP contribution in [0.2, 0.25) is 0 Å². The summed E-state index contributed by atoms with van der Waals surface area (Å²) in [6.07, 6.45) is 1.52. The number of aliphatic hydroxyl groups is 1. The lowest BCUT2D eigenvalue weighted by atomic mass is 10.1. The first-order valence-electron chi connectivity index (χ1n) is 6.94. The molecule has 0 aliphatic heterocycles. The molecule has 0 saturated heterocycles. The zero-order valence-corrected chi connectivity index (χ0v) is 12.5. The SMILES string of the molecule is CCC(O)c1cn(CC(=O)Nc2ccc(C)c(C)c2)nn1. The number of carbonyl (C=O) groups excluding carboxylic acids is 1. The number of aromatic nitrogens is 3. The monoisotopic (exact) mass is 288 g/mol. The van der Waals surface area contributed by atoms with Crippen molar-refractivity contribution < 1.29 is 9.90 Å².